The molecule has 0 amide bonds. The van der Waals surface area contributed by atoms with Crippen LogP contribution >= 0.6 is 11.6 Å². The first-order chi connectivity index (χ1) is 9.34. The number of anilines is 1. The smallest absolute Gasteiger partial charge is 0.302 e. The molecule has 0 saturated heterocycles. The minimum absolute atomic E-state index is 0.0711. The third-order valence-electron chi connectivity index (χ3n) is 4.32. The fourth-order valence-corrected chi connectivity index (χ4v) is 3.04. The van der Waals surface area contributed by atoms with E-state index in [0.29, 0.717) is 12.6 Å². The molecule has 1 aromatic rings. The SMILES string of the molecule is CC(=O)OCCCN1c2ccc(Cl)cc2C(C)(C)C1C. The zero-order valence-corrected chi connectivity index (χ0v) is 13.3. The number of hydrogen-bond donors (Lipinski definition) is 0. The minimum Gasteiger partial charge on any atom is -0.466 e. The van der Waals surface area contributed by atoms with Crippen LogP contribution in [0.25, 0.3) is 0 Å². The molecule has 0 fully saturated rings. The van der Waals surface area contributed by atoms with Crippen molar-refractivity contribution in [2.75, 3.05) is 18.1 Å². The summed E-state index contributed by atoms with van der Waals surface area (Å²) in [5.74, 6) is -0.216. The maximum absolute atomic E-state index is 10.8. The van der Waals surface area contributed by atoms with Gasteiger partial charge in [-0.2, -0.15) is 0 Å². The molecule has 0 spiro atoms. The number of nitrogens with zero attached hydrogens (tertiary/aromatic N) is 1. The third kappa shape index (κ3) is 2.78. The lowest BCUT2D eigenvalue weighted by Gasteiger charge is -2.31. The van der Waals surface area contributed by atoms with Crippen LogP contribution in [0.5, 0.6) is 0 Å². The molecular formula is C16H22ClNO2. The van der Waals surface area contributed by atoms with Crippen molar-refractivity contribution in [3.05, 3.63) is 28.8 Å². The molecule has 3 nitrogen and oxygen atoms in total. The molecule has 0 aliphatic carbocycles. The van der Waals surface area contributed by atoms with Crippen LogP contribution in [0.4, 0.5) is 5.69 Å². The number of carbonyl (C=O) groups is 1. The number of halogens is 1. The van der Waals surface area contributed by atoms with Gasteiger partial charge in [0, 0.05) is 35.6 Å². The summed E-state index contributed by atoms with van der Waals surface area (Å²) >= 11 is 6.13. The van der Waals surface area contributed by atoms with Gasteiger partial charge in [-0.25, -0.2) is 0 Å². The third-order valence-corrected chi connectivity index (χ3v) is 4.56. The predicted molar refractivity (Wildman–Crippen MR) is 82.5 cm³/mol. The van der Waals surface area contributed by atoms with Gasteiger partial charge in [0.05, 0.1) is 6.61 Å². The second kappa shape index (κ2) is 5.65. The number of benzene rings is 1. The molecule has 0 bridgehead atoms. The lowest BCUT2D eigenvalue weighted by Crippen LogP contribution is -2.39. The largest absolute Gasteiger partial charge is 0.466 e. The first kappa shape index (κ1) is 15.2. The maximum Gasteiger partial charge on any atom is 0.302 e. The molecule has 2 rings (SSSR count). The van der Waals surface area contributed by atoms with Crippen molar-refractivity contribution in [1.29, 1.82) is 0 Å². The van der Waals surface area contributed by atoms with E-state index in [1.807, 2.05) is 6.07 Å². The Morgan fingerprint density at radius 2 is 2.15 bits per heavy atom. The highest BCUT2D eigenvalue weighted by atomic mass is 35.5. The van der Waals surface area contributed by atoms with Gasteiger partial charge in [0.25, 0.3) is 0 Å². The number of rotatable bonds is 4. The van der Waals surface area contributed by atoms with E-state index >= 15 is 0 Å². The Kier molecular flexibility index (Phi) is 4.28. The summed E-state index contributed by atoms with van der Waals surface area (Å²) in [4.78, 5) is 13.2. The number of carbonyl (C=O) groups excluding carboxylic acids is 1. The molecule has 1 aromatic carbocycles. The van der Waals surface area contributed by atoms with Crippen molar-refractivity contribution in [2.45, 2.75) is 45.6 Å². The topological polar surface area (TPSA) is 29.5 Å². The number of fused-ring (bicyclic) bond motifs is 1. The van der Waals surface area contributed by atoms with Crippen LogP contribution in [-0.4, -0.2) is 25.2 Å². The van der Waals surface area contributed by atoms with Crippen molar-refractivity contribution in [3.63, 3.8) is 0 Å². The summed E-state index contributed by atoms with van der Waals surface area (Å²) in [6.45, 7) is 9.53. The van der Waals surface area contributed by atoms with Crippen molar-refractivity contribution in [1.82, 2.24) is 0 Å². The Morgan fingerprint density at radius 1 is 1.45 bits per heavy atom. The fourth-order valence-electron chi connectivity index (χ4n) is 2.86. The van der Waals surface area contributed by atoms with Gasteiger partial charge in [-0.05, 0) is 37.1 Å². The fraction of sp³-hybridized carbons (Fsp3) is 0.562. The van der Waals surface area contributed by atoms with Crippen LogP contribution in [-0.2, 0) is 14.9 Å². The highest BCUT2D eigenvalue weighted by Crippen LogP contribution is 2.45. The van der Waals surface area contributed by atoms with Gasteiger partial charge in [0.15, 0.2) is 0 Å². The van der Waals surface area contributed by atoms with Crippen LogP contribution in [0.15, 0.2) is 18.2 Å². The molecule has 0 aromatic heterocycles. The summed E-state index contributed by atoms with van der Waals surface area (Å²) in [6, 6.07) is 6.50. The van der Waals surface area contributed by atoms with Gasteiger partial charge in [0.1, 0.15) is 0 Å². The van der Waals surface area contributed by atoms with Crippen LogP contribution < -0.4 is 4.90 Å². The second-order valence-corrected chi connectivity index (χ2v) is 6.38. The van der Waals surface area contributed by atoms with Crippen molar-refractivity contribution in [2.24, 2.45) is 0 Å². The molecule has 1 atom stereocenters. The Bertz CT molecular complexity index is 513. The average molecular weight is 296 g/mol. The zero-order chi connectivity index (χ0) is 14.9. The molecule has 1 aliphatic heterocycles. The zero-order valence-electron chi connectivity index (χ0n) is 12.6. The Hall–Kier alpha value is -1.22. The molecule has 110 valence electrons. The predicted octanol–water partition coefficient (Wildman–Crippen LogP) is 3.78. The van der Waals surface area contributed by atoms with Gasteiger partial charge in [-0.15, -0.1) is 0 Å². The van der Waals surface area contributed by atoms with Gasteiger partial charge in [-0.1, -0.05) is 25.4 Å². The summed E-state index contributed by atoms with van der Waals surface area (Å²) in [5, 5.41) is 0.783. The molecule has 20 heavy (non-hydrogen) atoms. The van der Waals surface area contributed by atoms with Crippen molar-refractivity contribution < 1.29 is 9.53 Å². The number of esters is 1. The van der Waals surface area contributed by atoms with E-state index in [2.05, 4.69) is 37.8 Å². The Balaban J connectivity index is 2.13. The Labute approximate surface area is 125 Å². The van der Waals surface area contributed by atoms with Gasteiger partial charge < -0.3 is 9.64 Å². The van der Waals surface area contributed by atoms with Crippen molar-refractivity contribution in [3.8, 4) is 0 Å². The quantitative estimate of drug-likeness (QED) is 0.625. The van der Waals surface area contributed by atoms with E-state index in [1.54, 1.807) is 0 Å². The van der Waals surface area contributed by atoms with Crippen LogP contribution in [0, 0.1) is 0 Å². The molecule has 1 unspecified atom stereocenters. The maximum atomic E-state index is 10.8. The van der Waals surface area contributed by atoms with Crippen LogP contribution in [0.2, 0.25) is 5.02 Å². The van der Waals surface area contributed by atoms with E-state index in [0.717, 1.165) is 18.0 Å². The molecule has 1 aliphatic rings. The van der Waals surface area contributed by atoms with E-state index in [1.165, 1.54) is 18.2 Å². The first-order valence-electron chi connectivity index (χ1n) is 7.04. The first-order valence-corrected chi connectivity index (χ1v) is 7.42. The summed E-state index contributed by atoms with van der Waals surface area (Å²) < 4.78 is 5.01. The summed E-state index contributed by atoms with van der Waals surface area (Å²) in [7, 11) is 0. The molecule has 4 heteroatoms. The van der Waals surface area contributed by atoms with Crippen molar-refractivity contribution >= 4 is 23.3 Å². The molecular weight excluding hydrogens is 274 g/mol. The second-order valence-electron chi connectivity index (χ2n) is 5.95. The van der Waals surface area contributed by atoms with Gasteiger partial charge >= 0.3 is 5.97 Å². The highest BCUT2D eigenvalue weighted by Gasteiger charge is 2.41. The highest BCUT2D eigenvalue weighted by molar-refractivity contribution is 6.30. The summed E-state index contributed by atoms with van der Waals surface area (Å²) in [6.07, 6.45) is 0.835. The standard InChI is InChI=1S/C16H22ClNO2/c1-11-16(3,4)14-10-13(17)6-7-15(14)18(11)8-5-9-20-12(2)19/h6-7,10-11H,5,8-9H2,1-4H3. The lowest BCUT2D eigenvalue weighted by atomic mass is 9.81. The molecule has 1 heterocycles. The average Bonchev–Trinajstić information content (AvgIpc) is 2.55. The molecule has 0 radical (unpaired) electrons. The number of hydrogen-bond acceptors (Lipinski definition) is 3. The van der Waals surface area contributed by atoms with E-state index in [4.69, 9.17) is 16.3 Å². The van der Waals surface area contributed by atoms with E-state index in [9.17, 15) is 4.79 Å². The van der Waals surface area contributed by atoms with Gasteiger partial charge in [0.2, 0.25) is 0 Å². The van der Waals surface area contributed by atoms with E-state index in [-0.39, 0.29) is 11.4 Å². The summed E-state index contributed by atoms with van der Waals surface area (Å²) in [5.41, 5.74) is 2.61. The van der Waals surface area contributed by atoms with Crippen LogP contribution in [0.3, 0.4) is 0 Å². The Morgan fingerprint density at radius 3 is 2.80 bits per heavy atom. The minimum atomic E-state index is -0.216. The normalized spacial score (nSPS) is 19.9. The van der Waals surface area contributed by atoms with Gasteiger partial charge in [-0.3, -0.25) is 4.79 Å². The monoisotopic (exact) mass is 295 g/mol. The van der Waals surface area contributed by atoms with Crippen LogP contribution in [0.1, 0.15) is 39.7 Å². The molecule has 0 N–H and O–H groups in total. The lowest BCUT2D eigenvalue weighted by molar-refractivity contribution is -0.140. The van der Waals surface area contributed by atoms with E-state index < -0.39 is 0 Å². The number of ether oxygens (including phenoxy) is 1. The molecule has 0 saturated carbocycles.